The van der Waals surface area contributed by atoms with Gasteiger partial charge in [0.15, 0.2) is 5.82 Å². The summed E-state index contributed by atoms with van der Waals surface area (Å²) < 4.78 is 30.0. The Labute approximate surface area is 223 Å². The first-order valence-corrected chi connectivity index (χ1v) is 13.6. The van der Waals surface area contributed by atoms with E-state index < -0.39 is 10.9 Å². The number of para-hydroxylation sites is 1. The van der Waals surface area contributed by atoms with Crippen molar-refractivity contribution in [2.75, 3.05) is 44.0 Å². The van der Waals surface area contributed by atoms with Crippen LogP contribution in [-0.2, 0) is 17.4 Å². The van der Waals surface area contributed by atoms with Gasteiger partial charge in [-0.15, -0.1) is 0 Å². The second-order valence-electron chi connectivity index (χ2n) is 8.69. The Kier molecular flexibility index (Phi) is 9.53. The molecule has 2 aromatic carbocycles. The minimum Gasteiger partial charge on any atom is -0.495 e. The highest BCUT2D eigenvalue weighted by Crippen LogP contribution is 2.35. The van der Waals surface area contributed by atoms with Crippen LogP contribution in [0, 0.1) is 0 Å². The summed E-state index contributed by atoms with van der Waals surface area (Å²) in [6, 6.07) is 13.4. The number of piperidine rings is 1. The number of rotatable bonds is 11. The summed E-state index contributed by atoms with van der Waals surface area (Å²) in [5.74, 6) is 1.83. The predicted octanol–water partition coefficient (Wildman–Crippen LogP) is 3.41. The largest absolute Gasteiger partial charge is 0.495 e. The zero-order valence-corrected chi connectivity index (χ0v) is 22.1. The Morgan fingerprint density at radius 3 is 2.65 bits per heavy atom. The highest BCUT2D eigenvalue weighted by molar-refractivity contribution is 7.70. The molecule has 4 N–H and O–H groups in total. The SMILES string of the molecule is COc1cc(C2CCN(CCO)CC2)ccc1Nc1ncc(Cl)c(Nc2ccccc2CN[SH](=O)=O)n1. The maximum atomic E-state index is 10.9. The van der Waals surface area contributed by atoms with Crippen molar-refractivity contribution in [1.29, 1.82) is 0 Å². The van der Waals surface area contributed by atoms with E-state index in [1.807, 2.05) is 36.4 Å². The number of hydrogen-bond donors (Lipinski definition) is 5. The van der Waals surface area contributed by atoms with Crippen LogP contribution in [0.15, 0.2) is 48.7 Å². The third kappa shape index (κ3) is 7.30. The number of hydrogen-bond acceptors (Lipinski definition) is 9. The molecule has 37 heavy (non-hydrogen) atoms. The van der Waals surface area contributed by atoms with Crippen molar-refractivity contribution >= 4 is 45.6 Å². The lowest BCUT2D eigenvalue weighted by Crippen LogP contribution is -2.34. The number of nitrogens with one attached hydrogen (secondary N) is 3. The molecule has 0 radical (unpaired) electrons. The van der Waals surface area contributed by atoms with Crippen molar-refractivity contribution in [1.82, 2.24) is 19.6 Å². The van der Waals surface area contributed by atoms with E-state index >= 15 is 0 Å². The average Bonchev–Trinajstić information content (AvgIpc) is 2.91. The van der Waals surface area contributed by atoms with Gasteiger partial charge in [-0.05, 0) is 61.2 Å². The molecule has 4 rings (SSSR count). The number of aliphatic hydroxyl groups excluding tert-OH is 1. The summed E-state index contributed by atoms with van der Waals surface area (Å²) in [6.07, 6.45) is 3.57. The summed E-state index contributed by atoms with van der Waals surface area (Å²) in [6.45, 7) is 2.99. The molecule has 1 aromatic heterocycles. The number of benzene rings is 2. The van der Waals surface area contributed by atoms with Crippen molar-refractivity contribution in [2.24, 2.45) is 0 Å². The fourth-order valence-corrected chi connectivity index (χ4v) is 4.84. The summed E-state index contributed by atoms with van der Waals surface area (Å²) in [5, 5.41) is 15.9. The molecule has 3 aromatic rings. The predicted molar refractivity (Wildman–Crippen MR) is 146 cm³/mol. The van der Waals surface area contributed by atoms with Gasteiger partial charge in [-0.3, -0.25) is 0 Å². The Morgan fingerprint density at radius 2 is 1.92 bits per heavy atom. The molecule has 0 spiro atoms. The Balaban J connectivity index is 1.49. The van der Waals surface area contributed by atoms with Crippen molar-refractivity contribution in [3.63, 3.8) is 0 Å². The first-order chi connectivity index (χ1) is 18.0. The molecule has 12 heteroatoms. The Morgan fingerprint density at radius 1 is 1.14 bits per heavy atom. The lowest BCUT2D eigenvalue weighted by molar-refractivity contribution is 0.164. The zero-order valence-electron chi connectivity index (χ0n) is 20.5. The van der Waals surface area contributed by atoms with E-state index in [4.69, 9.17) is 16.3 Å². The number of thiol groups is 1. The van der Waals surface area contributed by atoms with E-state index in [0.29, 0.717) is 34.1 Å². The van der Waals surface area contributed by atoms with Gasteiger partial charge in [-0.1, -0.05) is 35.9 Å². The molecular weight excluding hydrogens is 516 g/mol. The number of nitrogens with zero attached hydrogens (tertiary/aromatic N) is 3. The smallest absolute Gasteiger partial charge is 0.229 e. The fourth-order valence-electron chi connectivity index (χ4n) is 4.41. The van der Waals surface area contributed by atoms with Gasteiger partial charge in [-0.2, -0.15) is 4.98 Å². The van der Waals surface area contributed by atoms with Gasteiger partial charge < -0.3 is 25.4 Å². The number of methoxy groups -OCH3 is 1. The van der Waals surface area contributed by atoms with Crippen LogP contribution < -0.4 is 20.1 Å². The molecule has 198 valence electrons. The summed E-state index contributed by atoms with van der Waals surface area (Å²) in [4.78, 5) is 11.1. The lowest BCUT2D eigenvalue weighted by atomic mass is 9.89. The molecule has 0 bridgehead atoms. The zero-order chi connectivity index (χ0) is 26.2. The molecule has 1 aliphatic heterocycles. The molecule has 0 amide bonds. The Hall–Kier alpha value is -2.96. The van der Waals surface area contributed by atoms with Gasteiger partial charge in [0, 0.05) is 18.8 Å². The standard InChI is InChI=1S/C25H31ClN6O4S/c1-36-23-14-18(17-8-10-32(11-9-17)12-13-33)6-7-22(23)30-25-27-16-20(26)24(31-25)29-21-5-3-2-4-19(21)15-28-37(34)35/h2-7,14,16-17,33,37H,8-13,15H2,1H3,(H,28,34,35)(H2,27,29,30,31). The molecule has 10 nitrogen and oxygen atoms in total. The highest BCUT2D eigenvalue weighted by atomic mass is 35.5. The molecule has 0 atom stereocenters. The van der Waals surface area contributed by atoms with Gasteiger partial charge >= 0.3 is 0 Å². The summed E-state index contributed by atoms with van der Waals surface area (Å²) in [7, 11) is -1.08. The van der Waals surface area contributed by atoms with E-state index in [1.54, 1.807) is 7.11 Å². The molecule has 0 aliphatic carbocycles. The van der Waals surface area contributed by atoms with Crippen LogP contribution in [0.4, 0.5) is 23.1 Å². The number of ether oxygens (including phenoxy) is 1. The van der Waals surface area contributed by atoms with Crippen LogP contribution in [0.3, 0.4) is 0 Å². The van der Waals surface area contributed by atoms with Gasteiger partial charge in [-0.25, -0.2) is 18.1 Å². The van der Waals surface area contributed by atoms with Crippen LogP contribution in [0.2, 0.25) is 5.02 Å². The van der Waals surface area contributed by atoms with E-state index in [2.05, 4.69) is 36.3 Å². The van der Waals surface area contributed by atoms with E-state index in [0.717, 1.165) is 43.7 Å². The van der Waals surface area contributed by atoms with Crippen LogP contribution in [0.1, 0.15) is 29.9 Å². The second kappa shape index (κ2) is 13.0. The number of anilines is 4. The minimum atomic E-state index is -2.71. The van der Waals surface area contributed by atoms with Crippen LogP contribution in [-0.4, -0.2) is 61.7 Å². The minimum absolute atomic E-state index is 0.139. The number of likely N-dealkylation sites (tertiary alicyclic amines) is 1. The van der Waals surface area contributed by atoms with E-state index in [-0.39, 0.29) is 13.2 Å². The average molecular weight is 547 g/mol. The van der Waals surface area contributed by atoms with Gasteiger partial charge in [0.2, 0.25) is 16.8 Å². The normalized spacial score (nSPS) is 14.6. The summed E-state index contributed by atoms with van der Waals surface area (Å²) >= 11 is 6.35. The maximum Gasteiger partial charge on any atom is 0.229 e. The van der Waals surface area contributed by atoms with Crippen LogP contribution in [0.25, 0.3) is 0 Å². The van der Waals surface area contributed by atoms with Crippen molar-refractivity contribution in [3.8, 4) is 5.75 Å². The highest BCUT2D eigenvalue weighted by Gasteiger charge is 2.21. The monoisotopic (exact) mass is 546 g/mol. The first kappa shape index (κ1) is 27.1. The molecule has 1 fully saturated rings. The number of halogens is 1. The molecule has 0 unspecified atom stereocenters. The first-order valence-electron chi connectivity index (χ1n) is 12.0. The van der Waals surface area contributed by atoms with Crippen LogP contribution in [0.5, 0.6) is 5.75 Å². The fraction of sp³-hybridized carbons (Fsp3) is 0.360. The topological polar surface area (TPSA) is 129 Å². The molecular formula is C25H31ClN6O4S. The van der Waals surface area contributed by atoms with Gasteiger partial charge in [0.05, 0.1) is 25.6 Å². The van der Waals surface area contributed by atoms with E-state index in [9.17, 15) is 13.5 Å². The van der Waals surface area contributed by atoms with Gasteiger partial charge in [0.25, 0.3) is 0 Å². The van der Waals surface area contributed by atoms with Crippen molar-refractivity contribution in [2.45, 2.75) is 25.3 Å². The van der Waals surface area contributed by atoms with Gasteiger partial charge in [0.1, 0.15) is 10.8 Å². The third-order valence-electron chi connectivity index (χ3n) is 6.36. The number of β-amino-alcohol motifs (C(OH)–C–C–N with tert-alkyl or cyclic N) is 1. The number of aliphatic hydroxyl groups is 1. The lowest BCUT2D eigenvalue weighted by Gasteiger charge is -2.31. The third-order valence-corrected chi connectivity index (χ3v) is 7.05. The number of aromatic nitrogens is 2. The molecule has 0 saturated carbocycles. The maximum absolute atomic E-state index is 10.9. The quantitative estimate of drug-likeness (QED) is 0.230. The van der Waals surface area contributed by atoms with Crippen LogP contribution >= 0.6 is 11.6 Å². The summed E-state index contributed by atoms with van der Waals surface area (Å²) in [5.41, 5.74) is 3.35. The second-order valence-corrected chi connectivity index (χ2v) is 9.93. The molecule has 1 saturated heterocycles. The molecule has 2 heterocycles. The van der Waals surface area contributed by atoms with Crippen molar-refractivity contribution in [3.05, 3.63) is 64.8 Å². The van der Waals surface area contributed by atoms with E-state index in [1.165, 1.54) is 11.8 Å². The Bertz CT molecular complexity index is 1280. The van der Waals surface area contributed by atoms with Crippen molar-refractivity contribution < 1.29 is 18.3 Å². The molecule has 1 aliphatic rings.